The van der Waals surface area contributed by atoms with Gasteiger partial charge in [-0.2, -0.15) is 0 Å². The summed E-state index contributed by atoms with van der Waals surface area (Å²) in [5, 5.41) is 1.28. The van der Waals surface area contributed by atoms with E-state index in [4.69, 9.17) is 11.6 Å². The van der Waals surface area contributed by atoms with Crippen molar-refractivity contribution in [3.05, 3.63) is 76.9 Å². The average molecular weight is 340 g/mol. The Bertz CT molecular complexity index is 906. The zero-order valence-corrected chi connectivity index (χ0v) is 13.4. The van der Waals surface area contributed by atoms with Gasteiger partial charge in [0.1, 0.15) is 0 Å². The third-order valence-electron chi connectivity index (χ3n) is 3.50. The highest BCUT2D eigenvalue weighted by atomic mass is 35.5. The molecule has 0 aliphatic rings. The van der Waals surface area contributed by atoms with Gasteiger partial charge in [-0.05, 0) is 23.8 Å². The molecule has 2 aromatic carbocycles. The first-order valence-corrected chi connectivity index (χ1v) is 7.69. The Morgan fingerprint density at radius 1 is 0.958 bits per heavy atom. The van der Waals surface area contributed by atoms with E-state index in [1.165, 1.54) is 0 Å². The molecule has 3 rings (SSSR count). The largest absolute Gasteiger partial charge is 0.273 e. The molecule has 0 radical (unpaired) electrons. The Labute approximate surface area is 143 Å². The number of carbonyl (C=O) groups is 2. The van der Waals surface area contributed by atoms with Crippen LogP contribution in [0.2, 0.25) is 5.02 Å². The van der Waals surface area contributed by atoms with Crippen LogP contribution in [0.5, 0.6) is 0 Å². The van der Waals surface area contributed by atoms with Gasteiger partial charge in [-0.3, -0.25) is 25.4 Å². The number of amides is 2. The van der Waals surface area contributed by atoms with Gasteiger partial charge in [0.05, 0.1) is 22.5 Å². The third kappa shape index (κ3) is 3.52. The molecule has 120 valence electrons. The quantitative estimate of drug-likeness (QED) is 0.721. The van der Waals surface area contributed by atoms with Crippen molar-refractivity contribution in [1.82, 2.24) is 15.8 Å². The van der Waals surface area contributed by atoms with E-state index in [1.807, 2.05) is 30.3 Å². The number of hydrogen-bond donors (Lipinski definition) is 2. The van der Waals surface area contributed by atoms with Crippen molar-refractivity contribution in [2.24, 2.45) is 0 Å². The molecule has 2 amide bonds. The van der Waals surface area contributed by atoms with Crippen LogP contribution in [0.4, 0.5) is 0 Å². The summed E-state index contributed by atoms with van der Waals surface area (Å²) in [6, 6.07) is 16.0. The molecule has 0 unspecified atom stereocenters. The highest BCUT2D eigenvalue weighted by Gasteiger charge is 2.12. The lowest BCUT2D eigenvalue weighted by molar-refractivity contribution is -0.121. The topological polar surface area (TPSA) is 71.1 Å². The van der Waals surface area contributed by atoms with Crippen LogP contribution in [0.25, 0.3) is 10.9 Å². The Hall–Kier alpha value is -2.92. The van der Waals surface area contributed by atoms with Gasteiger partial charge in [0.2, 0.25) is 5.91 Å². The maximum Gasteiger partial charge on any atom is 0.271 e. The van der Waals surface area contributed by atoms with Gasteiger partial charge in [0.25, 0.3) is 5.91 Å². The van der Waals surface area contributed by atoms with Crippen LogP contribution in [-0.4, -0.2) is 16.8 Å². The molecular weight excluding hydrogens is 326 g/mol. The molecule has 0 saturated heterocycles. The highest BCUT2D eigenvalue weighted by Crippen LogP contribution is 2.16. The number of nitrogens with zero attached hydrogens (tertiary/aromatic N) is 1. The Balaban J connectivity index is 1.66. The Morgan fingerprint density at radius 3 is 2.58 bits per heavy atom. The molecule has 0 atom stereocenters. The third-order valence-corrected chi connectivity index (χ3v) is 3.83. The molecule has 6 heteroatoms. The maximum atomic E-state index is 12.1. The molecule has 1 heterocycles. The number of carbonyl (C=O) groups excluding carboxylic acids is 2. The fourth-order valence-corrected chi connectivity index (χ4v) is 2.59. The number of hydrazine groups is 1. The molecule has 0 spiro atoms. The number of para-hydroxylation sites is 1. The van der Waals surface area contributed by atoms with Gasteiger partial charge >= 0.3 is 0 Å². The lowest BCUT2D eigenvalue weighted by Gasteiger charge is -2.09. The van der Waals surface area contributed by atoms with E-state index in [9.17, 15) is 9.59 Å². The minimum atomic E-state index is -0.468. The zero-order chi connectivity index (χ0) is 16.9. The number of pyridine rings is 1. The van der Waals surface area contributed by atoms with Crippen LogP contribution in [0.3, 0.4) is 0 Å². The lowest BCUT2D eigenvalue weighted by atomic mass is 10.1. The normalized spacial score (nSPS) is 10.4. The number of fused-ring (bicyclic) bond motifs is 1. The molecule has 0 saturated carbocycles. The van der Waals surface area contributed by atoms with Crippen LogP contribution in [-0.2, 0) is 11.2 Å². The minimum absolute atomic E-state index is 0.108. The number of hydrogen-bond acceptors (Lipinski definition) is 3. The minimum Gasteiger partial charge on any atom is -0.273 e. The van der Waals surface area contributed by atoms with Gasteiger partial charge in [0.15, 0.2) is 0 Å². The molecule has 1 aromatic heterocycles. The number of benzene rings is 2. The van der Waals surface area contributed by atoms with Gasteiger partial charge in [0, 0.05) is 11.6 Å². The molecule has 0 aliphatic carbocycles. The van der Waals surface area contributed by atoms with Crippen molar-refractivity contribution < 1.29 is 9.59 Å². The van der Waals surface area contributed by atoms with Crippen molar-refractivity contribution in [2.75, 3.05) is 0 Å². The van der Waals surface area contributed by atoms with Crippen LogP contribution in [0, 0.1) is 0 Å². The highest BCUT2D eigenvalue weighted by molar-refractivity contribution is 6.33. The fraction of sp³-hybridized carbons (Fsp3) is 0.0556. The zero-order valence-electron chi connectivity index (χ0n) is 12.6. The predicted octanol–water partition coefficient (Wildman–Crippen LogP) is 2.89. The number of nitrogens with one attached hydrogen (secondary N) is 2. The number of aromatic nitrogens is 1. The molecule has 0 bridgehead atoms. The fourth-order valence-electron chi connectivity index (χ4n) is 2.37. The van der Waals surface area contributed by atoms with Crippen LogP contribution >= 0.6 is 11.6 Å². The van der Waals surface area contributed by atoms with Gasteiger partial charge in [-0.1, -0.05) is 48.0 Å². The van der Waals surface area contributed by atoms with E-state index >= 15 is 0 Å². The first-order valence-electron chi connectivity index (χ1n) is 7.31. The average Bonchev–Trinajstić information content (AvgIpc) is 2.60. The van der Waals surface area contributed by atoms with Crippen LogP contribution < -0.4 is 10.9 Å². The summed E-state index contributed by atoms with van der Waals surface area (Å²) in [4.78, 5) is 28.4. The number of halogens is 1. The Kier molecular flexibility index (Phi) is 4.72. The Morgan fingerprint density at radius 2 is 1.75 bits per heavy atom. The monoisotopic (exact) mass is 339 g/mol. The summed E-state index contributed by atoms with van der Waals surface area (Å²) in [6.45, 7) is 0. The van der Waals surface area contributed by atoms with E-state index in [0.717, 1.165) is 16.5 Å². The van der Waals surface area contributed by atoms with Gasteiger partial charge in [-0.15, -0.1) is 0 Å². The second-order valence-electron chi connectivity index (χ2n) is 5.15. The van der Waals surface area contributed by atoms with E-state index in [2.05, 4.69) is 15.8 Å². The SMILES string of the molecule is O=C(Cc1cccc2cccnc12)NNC(=O)c1ccccc1Cl. The summed E-state index contributed by atoms with van der Waals surface area (Å²) in [5.41, 5.74) is 6.62. The predicted molar refractivity (Wildman–Crippen MR) is 92.5 cm³/mol. The van der Waals surface area contributed by atoms with Crippen molar-refractivity contribution in [1.29, 1.82) is 0 Å². The van der Waals surface area contributed by atoms with Crippen LogP contribution in [0.1, 0.15) is 15.9 Å². The van der Waals surface area contributed by atoms with Crippen molar-refractivity contribution in [3.8, 4) is 0 Å². The van der Waals surface area contributed by atoms with Crippen LogP contribution in [0.15, 0.2) is 60.8 Å². The van der Waals surface area contributed by atoms with Gasteiger partial charge < -0.3 is 0 Å². The molecule has 0 aliphatic heterocycles. The molecule has 2 N–H and O–H groups in total. The maximum absolute atomic E-state index is 12.1. The van der Waals surface area contributed by atoms with E-state index in [-0.39, 0.29) is 12.3 Å². The molecule has 3 aromatic rings. The van der Waals surface area contributed by atoms with Crippen molar-refractivity contribution in [2.45, 2.75) is 6.42 Å². The first kappa shape index (κ1) is 16.0. The summed E-state index contributed by atoms with van der Waals surface area (Å²) in [7, 11) is 0. The summed E-state index contributed by atoms with van der Waals surface area (Å²) in [5.74, 6) is -0.807. The first-order chi connectivity index (χ1) is 11.6. The molecule has 5 nitrogen and oxygen atoms in total. The number of rotatable bonds is 3. The second-order valence-corrected chi connectivity index (χ2v) is 5.56. The summed E-state index contributed by atoms with van der Waals surface area (Å²) >= 11 is 5.95. The van der Waals surface area contributed by atoms with Crippen molar-refractivity contribution in [3.63, 3.8) is 0 Å². The smallest absolute Gasteiger partial charge is 0.271 e. The van der Waals surface area contributed by atoms with E-state index in [0.29, 0.717) is 10.6 Å². The lowest BCUT2D eigenvalue weighted by Crippen LogP contribution is -2.42. The molecule has 24 heavy (non-hydrogen) atoms. The van der Waals surface area contributed by atoms with E-state index < -0.39 is 5.91 Å². The van der Waals surface area contributed by atoms with Crippen molar-refractivity contribution >= 4 is 34.3 Å². The molecular formula is C18H14ClN3O2. The second kappa shape index (κ2) is 7.10. The summed E-state index contributed by atoms with van der Waals surface area (Å²) in [6.07, 6.45) is 1.79. The standard InChI is InChI=1S/C18H14ClN3O2/c19-15-9-2-1-8-14(15)18(24)22-21-16(23)11-13-6-3-5-12-7-4-10-20-17(12)13/h1-10H,11H2,(H,21,23)(H,22,24). The van der Waals surface area contributed by atoms with E-state index in [1.54, 1.807) is 30.5 Å². The summed E-state index contributed by atoms with van der Waals surface area (Å²) < 4.78 is 0. The van der Waals surface area contributed by atoms with Gasteiger partial charge in [-0.25, -0.2) is 0 Å². The molecule has 0 fully saturated rings.